The molecule has 2 aliphatic heterocycles. The number of benzene rings is 3. The molecule has 1 N–H and O–H groups in total. The Morgan fingerprint density at radius 3 is 1.89 bits per heavy atom. The van der Waals surface area contributed by atoms with Crippen molar-refractivity contribution < 1.29 is 9.59 Å². The molecule has 0 radical (unpaired) electrons. The molecule has 3 aromatic carbocycles. The van der Waals surface area contributed by atoms with E-state index in [1.807, 2.05) is 72.8 Å². The van der Waals surface area contributed by atoms with E-state index in [1.54, 1.807) is 0 Å². The van der Waals surface area contributed by atoms with Crippen LogP contribution in [0.25, 0.3) is 0 Å². The van der Waals surface area contributed by atoms with Gasteiger partial charge < -0.3 is 15.1 Å². The second-order valence-electron chi connectivity index (χ2n) is 10.1. The van der Waals surface area contributed by atoms with E-state index in [0.717, 1.165) is 17.1 Å². The van der Waals surface area contributed by atoms with Crippen LogP contribution in [0.1, 0.15) is 12.8 Å². The highest BCUT2D eigenvalue weighted by molar-refractivity contribution is 6.31. The Morgan fingerprint density at radius 1 is 0.722 bits per heavy atom. The molecule has 0 bridgehead atoms. The smallest absolute Gasteiger partial charge is 0.181 e. The van der Waals surface area contributed by atoms with E-state index in [4.69, 9.17) is 34.8 Å². The molecule has 2 heterocycles. The fourth-order valence-electron chi connectivity index (χ4n) is 7.36. The summed E-state index contributed by atoms with van der Waals surface area (Å²) < 4.78 is 0. The summed E-state index contributed by atoms with van der Waals surface area (Å²) in [4.78, 5) is 32.3. The first-order valence-electron chi connectivity index (χ1n) is 12.1. The van der Waals surface area contributed by atoms with Crippen molar-refractivity contribution in [2.45, 2.75) is 36.6 Å². The Hall–Kier alpha value is -2.73. The first-order chi connectivity index (χ1) is 17.4. The third-order valence-corrected chi connectivity index (χ3v) is 9.22. The zero-order valence-corrected chi connectivity index (χ0v) is 21.3. The van der Waals surface area contributed by atoms with E-state index in [9.17, 15) is 9.59 Å². The fourth-order valence-corrected chi connectivity index (χ4v) is 7.73. The predicted octanol–water partition coefficient (Wildman–Crippen LogP) is 6.08. The van der Waals surface area contributed by atoms with E-state index in [-0.39, 0.29) is 35.5 Å². The second-order valence-corrected chi connectivity index (χ2v) is 11.4. The molecule has 4 fully saturated rings. The molecule has 2 saturated carbocycles. The number of halogens is 3. The lowest BCUT2D eigenvalue weighted by atomic mass is 9.86. The van der Waals surface area contributed by atoms with Gasteiger partial charge in [0.1, 0.15) is 0 Å². The average molecular weight is 539 g/mol. The van der Waals surface area contributed by atoms with E-state index in [2.05, 4.69) is 15.1 Å². The van der Waals surface area contributed by atoms with Gasteiger partial charge in [0.15, 0.2) is 17.2 Å². The van der Waals surface area contributed by atoms with Crippen LogP contribution in [0.15, 0.2) is 72.8 Å². The number of hydrogen-bond donors (Lipinski definition) is 1. The van der Waals surface area contributed by atoms with Crippen molar-refractivity contribution in [1.82, 2.24) is 0 Å². The van der Waals surface area contributed by atoms with Crippen molar-refractivity contribution >= 4 is 63.4 Å². The van der Waals surface area contributed by atoms with E-state index in [1.165, 1.54) is 0 Å². The van der Waals surface area contributed by atoms with Gasteiger partial charge in [0.05, 0.1) is 6.04 Å². The van der Waals surface area contributed by atoms with Gasteiger partial charge in [-0.1, -0.05) is 34.8 Å². The molecular weight excluding hydrogens is 517 g/mol. The lowest BCUT2D eigenvalue weighted by Crippen LogP contribution is -2.60. The topological polar surface area (TPSA) is 52.7 Å². The Morgan fingerprint density at radius 2 is 1.28 bits per heavy atom. The van der Waals surface area contributed by atoms with Gasteiger partial charge in [-0.3, -0.25) is 9.59 Å². The summed E-state index contributed by atoms with van der Waals surface area (Å²) in [5, 5.41) is 5.52. The minimum atomic E-state index is -1.06. The second kappa shape index (κ2) is 7.88. The molecule has 2 aliphatic carbocycles. The van der Waals surface area contributed by atoms with Gasteiger partial charge >= 0.3 is 0 Å². The minimum absolute atomic E-state index is 0.0140. The van der Waals surface area contributed by atoms with Crippen LogP contribution in [0.3, 0.4) is 0 Å². The first kappa shape index (κ1) is 22.5. The van der Waals surface area contributed by atoms with Gasteiger partial charge in [-0.25, -0.2) is 0 Å². The maximum Gasteiger partial charge on any atom is 0.181 e. The average Bonchev–Trinajstić information content (AvgIpc) is 3.53. The predicted molar refractivity (Wildman–Crippen MR) is 143 cm³/mol. The van der Waals surface area contributed by atoms with Crippen LogP contribution in [-0.2, 0) is 9.59 Å². The number of anilines is 3. The van der Waals surface area contributed by atoms with Gasteiger partial charge in [0, 0.05) is 68.9 Å². The first-order valence-corrected chi connectivity index (χ1v) is 13.2. The van der Waals surface area contributed by atoms with Gasteiger partial charge in [-0.15, -0.1) is 0 Å². The molecule has 0 amide bonds. The molecule has 0 unspecified atom stereocenters. The lowest BCUT2D eigenvalue weighted by Gasteiger charge is -2.42. The Balaban J connectivity index is 1.41. The van der Waals surface area contributed by atoms with Crippen LogP contribution in [0, 0.1) is 11.8 Å². The van der Waals surface area contributed by atoms with Crippen molar-refractivity contribution in [2.24, 2.45) is 11.8 Å². The maximum atomic E-state index is 14.2. The maximum absolute atomic E-state index is 14.2. The number of Topliss-reactive ketones (excluding diaryl/α,β-unsaturated/α-hetero) is 2. The third-order valence-electron chi connectivity index (χ3n) is 8.46. The number of nitrogens with one attached hydrogen (secondary N) is 1. The summed E-state index contributed by atoms with van der Waals surface area (Å²) in [5.74, 6) is 0.187. The van der Waals surface area contributed by atoms with Crippen LogP contribution in [0.5, 0.6) is 0 Å². The molecule has 8 heteroatoms. The van der Waals surface area contributed by atoms with E-state index < -0.39 is 11.7 Å². The molecule has 182 valence electrons. The van der Waals surface area contributed by atoms with Gasteiger partial charge in [0.2, 0.25) is 0 Å². The quantitative estimate of drug-likeness (QED) is 0.436. The molecule has 2 saturated heterocycles. The van der Waals surface area contributed by atoms with Crippen molar-refractivity contribution in [3.05, 3.63) is 87.9 Å². The number of rotatable bonds is 4. The summed E-state index contributed by atoms with van der Waals surface area (Å²) in [6.45, 7) is 0. The fraction of sp³-hybridized carbons (Fsp3) is 0.286. The highest BCUT2D eigenvalue weighted by atomic mass is 35.5. The summed E-state index contributed by atoms with van der Waals surface area (Å²) in [6.07, 6.45) is 0.853. The van der Waals surface area contributed by atoms with Crippen LogP contribution >= 0.6 is 34.8 Å². The van der Waals surface area contributed by atoms with Crippen molar-refractivity contribution in [3.63, 3.8) is 0 Å². The molecule has 36 heavy (non-hydrogen) atoms. The van der Waals surface area contributed by atoms with Crippen LogP contribution in [0.2, 0.25) is 15.1 Å². The summed E-state index contributed by atoms with van der Waals surface area (Å²) in [7, 11) is 0. The zero-order valence-electron chi connectivity index (χ0n) is 19.1. The number of hydrogen-bond acceptors (Lipinski definition) is 5. The molecular formula is C28H22Cl3N3O2. The Labute approximate surface area is 223 Å². The number of carbonyl (C=O) groups is 2. The monoisotopic (exact) mass is 537 g/mol. The van der Waals surface area contributed by atoms with Crippen molar-refractivity contribution in [1.29, 1.82) is 0 Å². The molecule has 7 rings (SSSR count). The lowest BCUT2D eigenvalue weighted by molar-refractivity contribution is -0.121. The Bertz CT molecular complexity index is 1380. The summed E-state index contributed by atoms with van der Waals surface area (Å²) in [5.41, 5.74) is 1.56. The SMILES string of the molecule is O=C1C[C@H]2[C@H]3[C@H]4[C@@H](CC(=O)[C@@]4(Nc4ccc(Cl)cc4)N(c4ccc(Cl)cc4)[C@@H]13)N2c1ccc(Cl)cc1. The van der Waals surface area contributed by atoms with Gasteiger partial charge in [-0.05, 0) is 72.8 Å². The highest BCUT2D eigenvalue weighted by Crippen LogP contribution is 2.63. The largest absolute Gasteiger partial charge is 0.364 e. The minimum Gasteiger partial charge on any atom is -0.364 e. The number of ketones is 2. The Kier molecular flexibility index (Phi) is 4.92. The molecule has 0 spiro atoms. The van der Waals surface area contributed by atoms with E-state index in [0.29, 0.717) is 27.9 Å². The third kappa shape index (κ3) is 2.97. The van der Waals surface area contributed by atoms with Gasteiger partial charge in [0.25, 0.3) is 0 Å². The molecule has 0 aromatic heterocycles. The zero-order chi connectivity index (χ0) is 24.8. The van der Waals surface area contributed by atoms with Crippen molar-refractivity contribution in [3.8, 4) is 0 Å². The summed E-state index contributed by atoms with van der Waals surface area (Å²) >= 11 is 18.5. The van der Waals surface area contributed by atoms with Gasteiger partial charge in [-0.2, -0.15) is 0 Å². The van der Waals surface area contributed by atoms with Crippen molar-refractivity contribution in [2.75, 3.05) is 15.1 Å². The standard InChI is InChI=1S/C28H22Cl3N3O2/c29-15-1-7-18(8-2-15)32-28-24(36)14-22-26(28)25-21(33(22)19-9-3-16(30)4-10-19)13-23(35)27(25)34(28)20-11-5-17(31)6-12-20/h1-12,21-22,25-27,32H,13-14H2/t21-,22+,25-,26+,27-,28+/m0/s1. The molecule has 3 aromatic rings. The van der Waals surface area contributed by atoms with Crippen LogP contribution < -0.4 is 15.1 Å². The summed E-state index contributed by atoms with van der Waals surface area (Å²) in [6, 6.07) is 22.2. The van der Waals surface area contributed by atoms with Crippen LogP contribution in [-0.4, -0.2) is 35.4 Å². The van der Waals surface area contributed by atoms with Crippen LogP contribution in [0.4, 0.5) is 17.1 Å². The highest BCUT2D eigenvalue weighted by Gasteiger charge is 2.78. The molecule has 5 nitrogen and oxygen atoms in total. The molecule has 4 aliphatic rings. The normalized spacial score (nSPS) is 31.9. The molecule has 6 atom stereocenters. The number of nitrogens with zero attached hydrogens (tertiary/aromatic N) is 2. The van der Waals surface area contributed by atoms with E-state index >= 15 is 0 Å². The number of carbonyl (C=O) groups excluding carboxylic acids is 2.